The van der Waals surface area contributed by atoms with Crippen LogP contribution in [-0.2, 0) is 11.3 Å². The summed E-state index contributed by atoms with van der Waals surface area (Å²) in [6.07, 6.45) is 0. The van der Waals surface area contributed by atoms with E-state index in [1.54, 1.807) is 36.2 Å². The molecule has 7 nitrogen and oxygen atoms in total. The van der Waals surface area contributed by atoms with Crippen molar-refractivity contribution in [2.45, 2.75) is 20.4 Å². The molecule has 0 aliphatic carbocycles. The van der Waals surface area contributed by atoms with E-state index in [9.17, 15) is 4.79 Å². The summed E-state index contributed by atoms with van der Waals surface area (Å²) in [5, 5.41) is 12.8. The number of hydrogen-bond donors (Lipinski definition) is 1. The summed E-state index contributed by atoms with van der Waals surface area (Å²) in [5.74, 6) is 0.367. The van der Waals surface area contributed by atoms with Crippen LogP contribution in [0.3, 0.4) is 0 Å². The Morgan fingerprint density at radius 3 is 2.61 bits per heavy atom. The Kier molecular flexibility index (Phi) is 5.33. The first-order valence-electron chi connectivity index (χ1n) is 7.28. The maximum atomic E-state index is 12.2. The molecule has 0 atom stereocenters. The van der Waals surface area contributed by atoms with Crippen LogP contribution in [0.25, 0.3) is 11.4 Å². The summed E-state index contributed by atoms with van der Waals surface area (Å²) in [6, 6.07) is 7.12. The number of benzene rings is 1. The van der Waals surface area contributed by atoms with Crippen molar-refractivity contribution in [3.63, 3.8) is 0 Å². The highest BCUT2D eigenvalue weighted by atomic mass is 35.5. The molecule has 1 amide bonds. The molecule has 0 spiro atoms. The van der Waals surface area contributed by atoms with E-state index >= 15 is 0 Å². The molecule has 0 fully saturated rings. The van der Waals surface area contributed by atoms with E-state index in [0.29, 0.717) is 23.9 Å². The lowest BCUT2D eigenvalue weighted by atomic mass is 9.93. The number of nitrogens with zero attached hydrogens (tertiary/aromatic N) is 5. The Morgan fingerprint density at radius 2 is 2.00 bits per heavy atom. The van der Waals surface area contributed by atoms with Gasteiger partial charge in [0.05, 0.1) is 0 Å². The number of carbonyl (C=O) groups is 1. The van der Waals surface area contributed by atoms with Crippen LogP contribution in [0.1, 0.15) is 13.8 Å². The van der Waals surface area contributed by atoms with Gasteiger partial charge in [0.25, 0.3) is 0 Å². The van der Waals surface area contributed by atoms with Gasteiger partial charge in [-0.2, -0.15) is 4.80 Å². The molecular formula is C15H21ClN6O. The molecule has 8 heteroatoms. The van der Waals surface area contributed by atoms with Crippen LogP contribution in [0.2, 0.25) is 5.02 Å². The topological polar surface area (TPSA) is 89.9 Å². The fourth-order valence-electron chi connectivity index (χ4n) is 2.06. The number of carbonyl (C=O) groups excluding carboxylic acids is 1. The molecule has 0 aliphatic heterocycles. The van der Waals surface area contributed by atoms with Crippen molar-refractivity contribution in [2.24, 2.45) is 11.1 Å². The number of nitrogens with two attached hydrogens (primary N) is 1. The number of hydrogen-bond acceptors (Lipinski definition) is 5. The molecule has 2 rings (SSSR count). The lowest BCUT2D eigenvalue weighted by molar-refractivity contribution is -0.132. The van der Waals surface area contributed by atoms with E-state index in [4.69, 9.17) is 17.3 Å². The van der Waals surface area contributed by atoms with Crippen molar-refractivity contribution in [2.75, 3.05) is 20.1 Å². The highest BCUT2D eigenvalue weighted by molar-refractivity contribution is 6.30. The Labute approximate surface area is 140 Å². The van der Waals surface area contributed by atoms with Gasteiger partial charge < -0.3 is 10.6 Å². The SMILES string of the molecule is CN(CC(C)(C)CN)C(=O)Cn1nnc(-c2ccc(Cl)cc2)n1. The molecule has 1 heterocycles. The monoisotopic (exact) mass is 336 g/mol. The van der Waals surface area contributed by atoms with E-state index in [1.807, 2.05) is 13.8 Å². The minimum Gasteiger partial charge on any atom is -0.344 e. The second-order valence-electron chi connectivity index (χ2n) is 6.27. The van der Waals surface area contributed by atoms with E-state index < -0.39 is 0 Å². The summed E-state index contributed by atoms with van der Waals surface area (Å²) in [5.41, 5.74) is 6.37. The van der Waals surface area contributed by atoms with Crippen molar-refractivity contribution in [1.82, 2.24) is 25.1 Å². The van der Waals surface area contributed by atoms with Crippen LogP contribution >= 0.6 is 11.6 Å². The molecule has 124 valence electrons. The van der Waals surface area contributed by atoms with Crippen LogP contribution in [0.15, 0.2) is 24.3 Å². The highest BCUT2D eigenvalue weighted by Crippen LogP contribution is 2.17. The molecular weight excluding hydrogens is 316 g/mol. The number of amides is 1. The van der Waals surface area contributed by atoms with Gasteiger partial charge in [-0.05, 0) is 41.4 Å². The van der Waals surface area contributed by atoms with Gasteiger partial charge in [-0.15, -0.1) is 10.2 Å². The standard InChI is InChI=1S/C15H21ClN6O/c1-15(2,9-17)10-21(3)13(23)8-22-19-14(18-20-22)11-4-6-12(16)7-5-11/h4-7H,8-10,17H2,1-3H3. The average Bonchev–Trinajstić information content (AvgIpc) is 2.96. The van der Waals surface area contributed by atoms with Crippen molar-refractivity contribution in [3.8, 4) is 11.4 Å². The maximum absolute atomic E-state index is 12.2. The van der Waals surface area contributed by atoms with Crippen molar-refractivity contribution < 1.29 is 4.79 Å². The number of halogens is 1. The summed E-state index contributed by atoms with van der Waals surface area (Å²) < 4.78 is 0. The summed E-state index contributed by atoms with van der Waals surface area (Å²) >= 11 is 5.85. The lowest BCUT2D eigenvalue weighted by Gasteiger charge is -2.28. The zero-order valence-corrected chi connectivity index (χ0v) is 14.3. The van der Waals surface area contributed by atoms with Gasteiger partial charge in [0.1, 0.15) is 6.54 Å². The quantitative estimate of drug-likeness (QED) is 0.862. The first kappa shape index (κ1) is 17.4. The van der Waals surface area contributed by atoms with Crippen LogP contribution < -0.4 is 5.73 Å². The van der Waals surface area contributed by atoms with E-state index in [2.05, 4.69) is 15.4 Å². The third kappa shape index (κ3) is 4.74. The van der Waals surface area contributed by atoms with E-state index in [1.165, 1.54) is 4.80 Å². The molecule has 0 aliphatic rings. The van der Waals surface area contributed by atoms with Crippen LogP contribution in [0.5, 0.6) is 0 Å². The van der Waals surface area contributed by atoms with E-state index in [-0.39, 0.29) is 17.9 Å². The number of aromatic nitrogens is 4. The first-order chi connectivity index (χ1) is 10.8. The molecule has 0 radical (unpaired) electrons. The van der Waals surface area contributed by atoms with Gasteiger partial charge in [0.15, 0.2) is 0 Å². The molecule has 0 bridgehead atoms. The fourth-order valence-corrected chi connectivity index (χ4v) is 2.19. The molecule has 1 aromatic heterocycles. The van der Waals surface area contributed by atoms with Crippen LogP contribution in [-0.4, -0.2) is 51.2 Å². The smallest absolute Gasteiger partial charge is 0.246 e. The van der Waals surface area contributed by atoms with Gasteiger partial charge >= 0.3 is 0 Å². The zero-order chi connectivity index (χ0) is 17.0. The van der Waals surface area contributed by atoms with Crippen LogP contribution in [0, 0.1) is 5.41 Å². The number of tetrazole rings is 1. The average molecular weight is 337 g/mol. The lowest BCUT2D eigenvalue weighted by Crippen LogP contribution is -2.41. The second-order valence-corrected chi connectivity index (χ2v) is 6.70. The largest absolute Gasteiger partial charge is 0.344 e. The summed E-state index contributed by atoms with van der Waals surface area (Å²) in [4.78, 5) is 15.2. The van der Waals surface area contributed by atoms with Gasteiger partial charge in [-0.1, -0.05) is 25.4 Å². The predicted molar refractivity (Wildman–Crippen MR) is 88.7 cm³/mol. The number of rotatable bonds is 6. The van der Waals surface area contributed by atoms with Gasteiger partial charge in [0, 0.05) is 24.2 Å². The summed E-state index contributed by atoms with van der Waals surface area (Å²) in [7, 11) is 1.75. The second kappa shape index (κ2) is 7.06. The third-order valence-corrected chi connectivity index (χ3v) is 3.73. The van der Waals surface area contributed by atoms with Gasteiger partial charge in [-0.25, -0.2) is 0 Å². The van der Waals surface area contributed by atoms with Crippen LogP contribution in [0.4, 0.5) is 0 Å². The molecule has 2 aromatic rings. The Morgan fingerprint density at radius 1 is 1.35 bits per heavy atom. The predicted octanol–water partition coefficient (Wildman–Crippen LogP) is 1.44. The van der Waals surface area contributed by atoms with Gasteiger partial charge in [0.2, 0.25) is 11.7 Å². The molecule has 2 N–H and O–H groups in total. The van der Waals surface area contributed by atoms with Crippen molar-refractivity contribution in [1.29, 1.82) is 0 Å². The fraction of sp³-hybridized carbons (Fsp3) is 0.467. The minimum absolute atomic E-state index is 0.0394. The minimum atomic E-state index is -0.130. The van der Waals surface area contributed by atoms with Crippen molar-refractivity contribution in [3.05, 3.63) is 29.3 Å². The Balaban J connectivity index is 2.01. The zero-order valence-electron chi connectivity index (χ0n) is 13.5. The number of likely N-dealkylation sites (N-methyl/N-ethyl adjacent to an activating group) is 1. The molecule has 23 heavy (non-hydrogen) atoms. The third-order valence-electron chi connectivity index (χ3n) is 3.48. The summed E-state index contributed by atoms with van der Waals surface area (Å²) in [6.45, 7) is 5.15. The normalized spacial score (nSPS) is 11.5. The molecule has 1 aromatic carbocycles. The van der Waals surface area contributed by atoms with Crippen molar-refractivity contribution >= 4 is 17.5 Å². The maximum Gasteiger partial charge on any atom is 0.246 e. The van der Waals surface area contributed by atoms with E-state index in [0.717, 1.165) is 5.56 Å². The van der Waals surface area contributed by atoms with Gasteiger partial charge in [-0.3, -0.25) is 4.79 Å². The molecule has 0 unspecified atom stereocenters. The Bertz CT molecular complexity index is 667. The first-order valence-corrected chi connectivity index (χ1v) is 7.66. The molecule has 0 saturated carbocycles. The Hall–Kier alpha value is -1.99. The molecule has 0 saturated heterocycles. The highest BCUT2D eigenvalue weighted by Gasteiger charge is 2.21.